The molecule has 2 unspecified atom stereocenters. The summed E-state index contributed by atoms with van der Waals surface area (Å²) in [5.41, 5.74) is -1.23. The van der Waals surface area contributed by atoms with Crippen molar-refractivity contribution in [1.29, 1.82) is 0 Å². The first-order chi connectivity index (χ1) is 44.1. The van der Waals surface area contributed by atoms with Gasteiger partial charge in [-0.3, -0.25) is 24.0 Å². The first-order valence-electron chi connectivity index (χ1n) is 38.2. The standard InChI is InChI=1S/C79H142O11/c1-5-8-11-14-17-20-23-26-29-34-39-44-49-54-59-64-74(81)86-69-73(89-77(84)67-62-57-52-47-42-37-30-27-24-21-18-15-12-9-6-2)70-87-75(82)65-60-55-50-45-40-35-32-33-36-41-46-51-56-61-66-76(83)88-72-79(4,71-80)90-78(85)68-63-58-53-48-43-38-31-28-25-22-19-16-13-10-7-3/h18-19,21-22,27-28,30-31,73,80H,5-17,20,23-26,29,32-72H2,1-4H3. The van der Waals surface area contributed by atoms with Gasteiger partial charge in [0, 0.05) is 32.1 Å². The van der Waals surface area contributed by atoms with Crippen molar-refractivity contribution in [3.63, 3.8) is 0 Å². The minimum atomic E-state index is -1.23. The molecule has 524 valence electrons. The second kappa shape index (κ2) is 69.6. The summed E-state index contributed by atoms with van der Waals surface area (Å²) < 4.78 is 27.9. The minimum absolute atomic E-state index is 0.104. The molecule has 11 heteroatoms. The first-order valence-corrected chi connectivity index (χ1v) is 38.2. The van der Waals surface area contributed by atoms with Gasteiger partial charge < -0.3 is 28.8 Å². The van der Waals surface area contributed by atoms with Crippen LogP contribution in [0.25, 0.3) is 0 Å². The van der Waals surface area contributed by atoms with Crippen LogP contribution in [-0.4, -0.2) is 73.1 Å². The molecule has 0 amide bonds. The summed E-state index contributed by atoms with van der Waals surface area (Å²) in [6.45, 7) is 7.59. The fourth-order valence-electron chi connectivity index (χ4n) is 11.1. The molecule has 0 rings (SSSR count). The largest absolute Gasteiger partial charge is 0.462 e. The normalized spacial score (nSPS) is 12.8. The molecule has 90 heavy (non-hydrogen) atoms. The van der Waals surface area contributed by atoms with Gasteiger partial charge in [-0.1, -0.05) is 301 Å². The van der Waals surface area contributed by atoms with Crippen molar-refractivity contribution in [2.24, 2.45) is 0 Å². The van der Waals surface area contributed by atoms with Crippen LogP contribution < -0.4 is 0 Å². The topological polar surface area (TPSA) is 152 Å². The quantitative estimate of drug-likeness (QED) is 0.0268. The van der Waals surface area contributed by atoms with Crippen LogP contribution in [0.3, 0.4) is 0 Å². The number of carbonyl (C=O) groups excluding carboxylic acids is 5. The zero-order valence-corrected chi connectivity index (χ0v) is 59.2. The lowest BCUT2D eigenvalue weighted by Crippen LogP contribution is -2.41. The monoisotopic (exact) mass is 1270 g/mol. The van der Waals surface area contributed by atoms with Crippen molar-refractivity contribution in [3.8, 4) is 0 Å². The number of ether oxygens (including phenoxy) is 5. The maximum atomic E-state index is 12.9. The van der Waals surface area contributed by atoms with Crippen LogP contribution in [0, 0.1) is 0 Å². The first kappa shape index (κ1) is 86.3. The third-order valence-corrected chi connectivity index (χ3v) is 17.1. The third kappa shape index (κ3) is 65.8. The molecule has 0 aromatic rings. The molecule has 1 N–H and O–H groups in total. The highest BCUT2D eigenvalue weighted by Crippen LogP contribution is 2.19. The number of allylic oxidation sites excluding steroid dienone is 8. The number of carbonyl (C=O) groups is 5. The van der Waals surface area contributed by atoms with E-state index in [1.165, 1.54) is 167 Å². The summed E-state index contributed by atoms with van der Waals surface area (Å²) >= 11 is 0. The average Bonchev–Trinajstić information content (AvgIpc) is 3.61. The second-order valence-electron chi connectivity index (χ2n) is 26.3. The Morgan fingerprint density at radius 1 is 0.311 bits per heavy atom. The number of rotatable bonds is 70. The number of hydrogen-bond acceptors (Lipinski definition) is 11. The summed E-state index contributed by atoms with van der Waals surface area (Å²) in [7, 11) is 0. The van der Waals surface area contributed by atoms with E-state index in [0.29, 0.717) is 32.1 Å². The Kier molecular flexibility index (Phi) is 66.7. The lowest BCUT2D eigenvalue weighted by Gasteiger charge is -2.27. The van der Waals surface area contributed by atoms with E-state index in [1.807, 2.05) is 0 Å². The lowest BCUT2D eigenvalue weighted by atomic mass is 10.0. The molecule has 0 fully saturated rings. The summed E-state index contributed by atoms with van der Waals surface area (Å²) in [5, 5.41) is 9.94. The SMILES string of the molecule is CCCCCC=CCC=CCCCCCCCC(=O)OC(COC(=O)CCCCCCCCCCCCCCCCC)COC(=O)CCCCCCCCCCCCCCCCC(=O)OCC(C)(CO)OC(=O)CCCCCCCC=CCC=CCCCCC. The van der Waals surface area contributed by atoms with Gasteiger partial charge in [-0.25, -0.2) is 0 Å². The highest BCUT2D eigenvalue weighted by atomic mass is 16.6. The van der Waals surface area contributed by atoms with Crippen LogP contribution in [0.2, 0.25) is 0 Å². The minimum Gasteiger partial charge on any atom is -0.462 e. The number of esters is 5. The van der Waals surface area contributed by atoms with Crippen molar-refractivity contribution < 1.29 is 52.8 Å². The van der Waals surface area contributed by atoms with Gasteiger partial charge in [0.05, 0.1) is 6.61 Å². The van der Waals surface area contributed by atoms with Gasteiger partial charge in [0.2, 0.25) is 0 Å². The number of aliphatic hydroxyl groups excluding tert-OH is 1. The zero-order chi connectivity index (χ0) is 65.6. The van der Waals surface area contributed by atoms with E-state index < -0.39 is 18.3 Å². The van der Waals surface area contributed by atoms with E-state index in [9.17, 15) is 29.1 Å². The molecule has 0 aromatic heterocycles. The number of hydrogen-bond donors (Lipinski definition) is 1. The Morgan fingerprint density at radius 3 is 0.867 bits per heavy atom. The predicted molar refractivity (Wildman–Crippen MR) is 376 cm³/mol. The molecule has 0 aliphatic heterocycles. The predicted octanol–water partition coefficient (Wildman–Crippen LogP) is 23.0. The molecule has 0 spiro atoms. The van der Waals surface area contributed by atoms with Gasteiger partial charge in [0.1, 0.15) is 19.8 Å². The van der Waals surface area contributed by atoms with Crippen LogP contribution in [0.1, 0.15) is 387 Å². The molecule has 0 aliphatic rings. The van der Waals surface area contributed by atoms with Gasteiger partial charge in [-0.2, -0.15) is 0 Å². The molecular weight excluding hydrogens is 1120 g/mol. The van der Waals surface area contributed by atoms with Gasteiger partial charge in [-0.15, -0.1) is 0 Å². The molecular formula is C79H142O11. The van der Waals surface area contributed by atoms with E-state index in [-0.39, 0.29) is 49.7 Å². The Morgan fingerprint density at radius 2 is 0.556 bits per heavy atom. The maximum Gasteiger partial charge on any atom is 0.306 e. The molecule has 2 atom stereocenters. The fraction of sp³-hybridized carbons (Fsp3) is 0.835. The Balaban J connectivity index is 4.27. The van der Waals surface area contributed by atoms with Crippen LogP contribution in [0.4, 0.5) is 0 Å². The fourth-order valence-corrected chi connectivity index (χ4v) is 11.1. The van der Waals surface area contributed by atoms with E-state index in [0.717, 1.165) is 161 Å². The summed E-state index contributed by atoms with van der Waals surface area (Å²) in [6.07, 6.45) is 77.4. The van der Waals surface area contributed by atoms with Gasteiger partial charge >= 0.3 is 29.8 Å². The van der Waals surface area contributed by atoms with Crippen LogP contribution in [-0.2, 0) is 47.7 Å². The van der Waals surface area contributed by atoms with Gasteiger partial charge in [0.15, 0.2) is 11.7 Å². The summed E-state index contributed by atoms with van der Waals surface area (Å²) in [4.78, 5) is 63.4. The highest BCUT2D eigenvalue weighted by molar-refractivity contribution is 5.71. The van der Waals surface area contributed by atoms with Crippen molar-refractivity contribution in [2.45, 2.75) is 399 Å². The molecule has 0 aromatic carbocycles. The zero-order valence-electron chi connectivity index (χ0n) is 59.2. The Labute approximate surface area is 554 Å². The summed E-state index contributed by atoms with van der Waals surface area (Å²) in [6, 6.07) is 0. The molecule has 0 radical (unpaired) electrons. The van der Waals surface area contributed by atoms with Crippen molar-refractivity contribution in [3.05, 3.63) is 48.6 Å². The van der Waals surface area contributed by atoms with Crippen molar-refractivity contribution >= 4 is 29.8 Å². The number of unbranched alkanes of at least 4 members (excludes halogenated alkanes) is 43. The molecule has 0 saturated carbocycles. The van der Waals surface area contributed by atoms with E-state index in [1.54, 1.807) is 6.92 Å². The summed E-state index contributed by atoms with van der Waals surface area (Å²) in [5.74, 6) is -1.64. The van der Waals surface area contributed by atoms with Crippen LogP contribution >= 0.6 is 0 Å². The number of aliphatic hydroxyl groups is 1. The molecule has 0 bridgehead atoms. The van der Waals surface area contributed by atoms with E-state index in [2.05, 4.69) is 69.4 Å². The second-order valence-corrected chi connectivity index (χ2v) is 26.3. The lowest BCUT2D eigenvalue weighted by molar-refractivity contribution is -0.175. The van der Waals surface area contributed by atoms with Crippen LogP contribution in [0.15, 0.2) is 48.6 Å². The maximum absolute atomic E-state index is 12.9. The van der Waals surface area contributed by atoms with E-state index in [4.69, 9.17) is 23.7 Å². The van der Waals surface area contributed by atoms with Gasteiger partial charge in [-0.05, 0) is 103 Å². The smallest absolute Gasteiger partial charge is 0.306 e. The van der Waals surface area contributed by atoms with Crippen molar-refractivity contribution in [2.75, 3.05) is 26.4 Å². The van der Waals surface area contributed by atoms with Gasteiger partial charge in [0.25, 0.3) is 0 Å². The van der Waals surface area contributed by atoms with E-state index >= 15 is 0 Å². The van der Waals surface area contributed by atoms with Crippen LogP contribution in [0.5, 0.6) is 0 Å². The Bertz CT molecular complexity index is 1740. The Hall–Kier alpha value is -3.73. The molecule has 0 aliphatic carbocycles. The highest BCUT2D eigenvalue weighted by Gasteiger charge is 2.30. The average molecular weight is 1270 g/mol. The third-order valence-electron chi connectivity index (χ3n) is 17.1. The molecule has 0 saturated heterocycles. The molecule has 0 heterocycles. The van der Waals surface area contributed by atoms with Crippen molar-refractivity contribution in [1.82, 2.24) is 0 Å². The molecule has 11 nitrogen and oxygen atoms in total.